The fraction of sp³-hybridized carbons (Fsp3) is 0.353. The molecule has 5 nitrogen and oxygen atoms in total. The van der Waals surface area contributed by atoms with Crippen molar-refractivity contribution < 1.29 is 14.3 Å². The van der Waals surface area contributed by atoms with E-state index >= 15 is 0 Å². The first-order valence-electron chi connectivity index (χ1n) is 7.45. The maximum atomic E-state index is 12.7. The minimum atomic E-state index is -0.500. The number of methoxy groups -OCH3 is 1. The summed E-state index contributed by atoms with van der Waals surface area (Å²) in [6.45, 7) is 0.563. The fourth-order valence-electron chi connectivity index (χ4n) is 2.89. The number of rotatable bonds is 2. The highest BCUT2D eigenvalue weighted by Gasteiger charge is 2.33. The van der Waals surface area contributed by atoms with Crippen LogP contribution in [-0.4, -0.2) is 41.5 Å². The van der Waals surface area contributed by atoms with Gasteiger partial charge in [0.15, 0.2) is 0 Å². The van der Waals surface area contributed by atoms with Gasteiger partial charge in [-0.2, -0.15) is 0 Å². The molecule has 0 N–H and O–H groups in total. The van der Waals surface area contributed by atoms with Gasteiger partial charge in [-0.05, 0) is 31.4 Å². The number of carbonyl (C=O) groups is 2. The number of pyridine rings is 1. The molecule has 0 spiro atoms. The summed E-state index contributed by atoms with van der Waals surface area (Å²) < 4.78 is 4.82. The number of esters is 1. The predicted octanol–water partition coefficient (Wildman–Crippen LogP) is 2.40. The Balaban J connectivity index is 1.91. The van der Waals surface area contributed by atoms with Crippen LogP contribution in [0.3, 0.4) is 0 Å². The molecule has 1 unspecified atom stereocenters. The second-order valence-corrected chi connectivity index (χ2v) is 5.42. The van der Waals surface area contributed by atoms with E-state index in [1.807, 2.05) is 30.3 Å². The van der Waals surface area contributed by atoms with Crippen molar-refractivity contribution in [2.24, 2.45) is 0 Å². The van der Waals surface area contributed by atoms with Gasteiger partial charge in [0.05, 0.1) is 12.6 Å². The van der Waals surface area contributed by atoms with E-state index in [1.165, 1.54) is 7.11 Å². The molecule has 0 aliphatic carbocycles. The zero-order valence-corrected chi connectivity index (χ0v) is 12.5. The van der Waals surface area contributed by atoms with Crippen molar-refractivity contribution in [2.75, 3.05) is 13.7 Å². The number of ether oxygens (including phenoxy) is 1. The minimum absolute atomic E-state index is 0.208. The second kappa shape index (κ2) is 6.13. The predicted molar refractivity (Wildman–Crippen MR) is 82.4 cm³/mol. The van der Waals surface area contributed by atoms with E-state index < -0.39 is 6.04 Å². The molecular formula is C17H18N2O3. The van der Waals surface area contributed by atoms with Gasteiger partial charge in [0.25, 0.3) is 5.91 Å². The van der Waals surface area contributed by atoms with Crippen molar-refractivity contribution in [3.63, 3.8) is 0 Å². The average molecular weight is 298 g/mol. The van der Waals surface area contributed by atoms with E-state index in [1.54, 1.807) is 11.0 Å². The van der Waals surface area contributed by atoms with Gasteiger partial charge in [0.1, 0.15) is 11.7 Å². The molecular weight excluding hydrogens is 280 g/mol. The topological polar surface area (TPSA) is 59.5 Å². The summed E-state index contributed by atoms with van der Waals surface area (Å²) in [6.07, 6.45) is 2.47. The lowest BCUT2D eigenvalue weighted by atomic mass is 10.0. The van der Waals surface area contributed by atoms with Crippen LogP contribution in [0.25, 0.3) is 10.9 Å². The number of nitrogens with zero attached hydrogens (tertiary/aromatic N) is 2. The van der Waals surface area contributed by atoms with Crippen LogP contribution in [0.1, 0.15) is 29.8 Å². The molecule has 1 saturated heterocycles. The monoisotopic (exact) mass is 298 g/mol. The number of likely N-dealkylation sites (tertiary alicyclic amines) is 1. The van der Waals surface area contributed by atoms with Crippen LogP contribution in [0, 0.1) is 0 Å². The van der Waals surface area contributed by atoms with Crippen LogP contribution < -0.4 is 0 Å². The fourth-order valence-corrected chi connectivity index (χ4v) is 2.89. The van der Waals surface area contributed by atoms with E-state index in [0.717, 1.165) is 23.7 Å². The van der Waals surface area contributed by atoms with Gasteiger partial charge in [0.2, 0.25) is 0 Å². The quantitative estimate of drug-likeness (QED) is 0.799. The van der Waals surface area contributed by atoms with E-state index in [-0.39, 0.29) is 11.9 Å². The number of fused-ring (bicyclic) bond motifs is 1. The highest BCUT2D eigenvalue weighted by atomic mass is 16.5. The number of amides is 1. The molecule has 5 heteroatoms. The molecule has 2 heterocycles. The molecule has 1 fully saturated rings. The van der Waals surface area contributed by atoms with Crippen LogP contribution in [0.4, 0.5) is 0 Å². The Hall–Kier alpha value is -2.43. The highest BCUT2D eigenvalue weighted by Crippen LogP contribution is 2.21. The summed E-state index contributed by atoms with van der Waals surface area (Å²) in [4.78, 5) is 30.6. The lowest BCUT2D eigenvalue weighted by Gasteiger charge is -2.33. The minimum Gasteiger partial charge on any atom is -0.467 e. The van der Waals surface area contributed by atoms with E-state index in [2.05, 4.69) is 4.98 Å². The van der Waals surface area contributed by atoms with Crippen molar-refractivity contribution >= 4 is 22.8 Å². The SMILES string of the molecule is COC(=O)C1CCCCN1C(=O)c1ccc2ccccc2n1. The Morgan fingerprint density at radius 3 is 2.82 bits per heavy atom. The Morgan fingerprint density at radius 2 is 2.00 bits per heavy atom. The van der Waals surface area contributed by atoms with Gasteiger partial charge < -0.3 is 9.64 Å². The molecule has 1 aromatic carbocycles. The van der Waals surface area contributed by atoms with Crippen LogP contribution in [-0.2, 0) is 9.53 Å². The molecule has 0 bridgehead atoms. The summed E-state index contributed by atoms with van der Waals surface area (Å²) in [5.41, 5.74) is 1.15. The van der Waals surface area contributed by atoms with Crippen molar-refractivity contribution in [1.82, 2.24) is 9.88 Å². The van der Waals surface area contributed by atoms with Gasteiger partial charge in [-0.15, -0.1) is 0 Å². The lowest BCUT2D eigenvalue weighted by molar-refractivity contribution is -0.147. The molecule has 0 saturated carbocycles. The van der Waals surface area contributed by atoms with Gasteiger partial charge >= 0.3 is 5.97 Å². The summed E-state index contributed by atoms with van der Waals surface area (Å²) in [5, 5.41) is 0.988. The normalized spacial score (nSPS) is 18.2. The van der Waals surface area contributed by atoms with Crippen molar-refractivity contribution in [3.05, 3.63) is 42.1 Å². The first-order valence-corrected chi connectivity index (χ1v) is 7.45. The van der Waals surface area contributed by atoms with Gasteiger partial charge in [-0.25, -0.2) is 9.78 Å². The molecule has 1 amide bonds. The Bertz CT molecular complexity index is 714. The number of hydrogen-bond acceptors (Lipinski definition) is 4. The van der Waals surface area contributed by atoms with Crippen LogP contribution in [0.2, 0.25) is 0 Å². The average Bonchev–Trinajstić information content (AvgIpc) is 2.60. The Labute approximate surface area is 128 Å². The molecule has 0 radical (unpaired) electrons. The Kier molecular flexibility index (Phi) is 4.04. The van der Waals surface area contributed by atoms with E-state index in [4.69, 9.17) is 4.74 Å². The van der Waals surface area contributed by atoms with E-state index in [0.29, 0.717) is 18.7 Å². The molecule has 22 heavy (non-hydrogen) atoms. The maximum absolute atomic E-state index is 12.7. The van der Waals surface area contributed by atoms with Crippen LogP contribution in [0.5, 0.6) is 0 Å². The summed E-state index contributed by atoms with van der Waals surface area (Å²) in [7, 11) is 1.36. The van der Waals surface area contributed by atoms with Crippen molar-refractivity contribution in [2.45, 2.75) is 25.3 Å². The molecule has 1 aromatic heterocycles. The number of aromatic nitrogens is 1. The first kappa shape index (κ1) is 14.5. The molecule has 114 valence electrons. The number of piperidine rings is 1. The molecule has 1 aliphatic rings. The van der Waals surface area contributed by atoms with E-state index in [9.17, 15) is 9.59 Å². The van der Waals surface area contributed by atoms with Gasteiger partial charge in [-0.3, -0.25) is 4.79 Å². The molecule has 2 aromatic rings. The maximum Gasteiger partial charge on any atom is 0.328 e. The van der Waals surface area contributed by atoms with Gasteiger partial charge in [-0.1, -0.05) is 24.3 Å². The second-order valence-electron chi connectivity index (χ2n) is 5.42. The smallest absolute Gasteiger partial charge is 0.328 e. The van der Waals surface area contributed by atoms with Crippen LogP contribution >= 0.6 is 0 Å². The number of benzene rings is 1. The number of carbonyl (C=O) groups excluding carboxylic acids is 2. The first-order chi connectivity index (χ1) is 10.7. The lowest BCUT2D eigenvalue weighted by Crippen LogP contribution is -2.48. The van der Waals surface area contributed by atoms with Gasteiger partial charge in [0, 0.05) is 11.9 Å². The molecule has 1 atom stereocenters. The third kappa shape index (κ3) is 2.66. The van der Waals surface area contributed by atoms with Crippen molar-refractivity contribution in [3.8, 4) is 0 Å². The van der Waals surface area contributed by atoms with Crippen molar-refractivity contribution in [1.29, 1.82) is 0 Å². The standard InChI is InChI=1S/C17H18N2O3/c1-22-17(21)15-8-4-5-11-19(15)16(20)14-10-9-12-6-2-3-7-13(12)18-14/h2-3,6-7,9-10,15H,4-5,8,11H2,1H3. The zero-order valence-electron chi connectivity index (χ0n) is 12.5. The third-order valence-electron chi connectivity index (χ3n) is 4.05. The number of para-hydroxylation sites is 1. The summed E-state index contributed by atoms with van der Waals surface area (Å²) in [5.74, 6) is -0.560. The highest BCUT2D eigenvalue weighted by molar-refractivity contribution is 5.97. The number of hydrogen-bond donors (Lipinski definition) is 0. The molecule has 1 aliphatic heterocycles. The summed E-state index contributed by atoms with van der Waals surface area (Å²) >= 11 is 0. The van der Waals surface area contributed by atoms with Crippen LogP contribution in [0.15, 0.2) is 36.4 Å². The third-order valence-corrected chi connectivity index (χ3v) is 4.05. The zero-order chi connectivity index (χ0) is 15.5. The largest absolute Gasteiger partial charge is 0.467 e. The summed E-state index contributed by atoms with van der Waals surface area (Å²) in [6, 6.07) is 10.7. The molecule has 3 rings (SSSR count). The Morgan fingerprint density at radius 1 is 1.18 bits per heavy atom.